The second kappa shape index (κ2) is 5.22. The van der Waals surface area contributed by atoms with Crippen LogP contribution in [0.25, 0.3) is 0 Å². The summed E-state index contributed by atoms with van der Waals surface area (Å²) >= 11 is 1.95. The molecule has 1 atom stereocenters. The van der Waals surface area contributed by atoms with Gasteiger partial charge in [-0.2, -0.15) is 0 Å². The number of nitrogens with zero attached hydrogens (tertiary/aromatic N) is 1. The average Bonchev–Trinajstić information content (AvgIpc) is 3.05. The van der Waals surface area contributed by atoms with Gasteiger partial charge >= 0.3 is 0 Å². The highest BCUT2D eigenvalue weighted by atomic mass is 32.1. The van der Waals surface area contributed by atoms with Crippen LogP contribution in [-0.4, -0.2) is 12.0 Å². The number of thiazole rings is 1. The van der Waals surface area contributed by atoms with Crippen molar-refractivity contribution in [2.45, 2.75) is 50.5 Å². The second-order valence-electron chi connectivity index (χ2n) is 6.26. The quantitative estimate of drug-likeness (QED) is 0.853. The van der Waals surface area contributed by atoms with Gasteiger partial charge < -0.3 is 5.32 Å². The molecule has 0 saturated heterocycles. The normalized spacial score (nSPS) is 24.4. The highest BCUT2D eigenvalue weighted by Gasteiger charge is 2.39. The summed E-state index contributed by atoms with van der Waals surface area (Å²) in [5, 5.41) is 4.96. The Morgan fingerprint density at radius 2 is 2.00 bits per heavy atom. The topological polar surface area (TPSA) is 24.9 Å². The molecule has 1 unspecified atom stereocenters. The van der Waals surface area contributed by atoms with Crippen LogP contribution in [0.5, 0.6) is 0 Å². The molecule has 1 aromatic carbocycles. The minimum atomic E-state index is -0.0674. The van der Waals surface area contributed by atoms with Gasteiger partial charge in [0.25, 0.3) is 0 Å². The van der Waals surface area contributed by atoms with Crippen molar-refractivity contribution in [3.05, 3.63) is 51.0 Å². The van der Waals surface area contributed by atoms with Crippen molar-refractivity contribution < 1.29 is 0 Å². The molecule has 0 saturated carbocycles. The van der Waals surface area contributed by atoms with Gasteiger partial charge in [0.15, 0.2) is 0 Å². The van der Waals surface area contributed by atoms with Gasteiger partial charge in [-0.05, 0) is 56.7 Å². The fourth-order valence-electron chi connectivity index (χ4n) is 3.96. The van der Waals surface area contributed by atoms with Gasteiger partial charge in [0.05, 0.1) is 11.2 Å². The Hall–Kier alpha value is -1.19. The lowest BCUT2D eigenvalue weighted by atomic mass is 9.85. The van der Waals surface area contributed by atoms with Crippen molar-refractivity contribution in [3.63, 3.8) is 0 Å². The SMILES string of the molecule is CNC1(c2nc3c(s2)CCC3)CCCCc2ccccc21. The maximum absolute atomic E-state index is 5.05. The summed E-state index contributed by atoms with van der Waals surface area (Å²) in [6.45, 7) is 0. The fraction of sp³-hybridized carbons (Fsp3) is 0.500. The van der Waals surface area contributed by atoms with E-state index in [2.05, 4.69) is 36.6 Å². The monoisotopic (exact) mass is 298 g/mol. The van der Waals surface area contributed by atoms with Crippen molar-refractivity contribution >= 4 is 11.3 Å². The highest BCUT2D eigenvalue weighted by molar-refractivity contribution is 7.12. The number of aryl methyl sites for hydroxylation is 3. The minimum absolute atomic E-state index is 0.0674. The van der Waals surface area contributed by atoms with Crippen molar-refractivity contribution in [1.29, 1.82) is 0 Å². The van der Waals surface area contributed by atoms with Crippen LogP contribution in [-0.2, 0) is 24.8 Å². The van der Waals surface area contributed by atoms with E-state index in [1.165, 1.54) is 65.2 Å². The van der Waals surface area contributed by atoms with Crippen LogP contribution in [0, 0.1) is 0 Å². The third kappa shape index (κ3) is 2.06. The van der Waals surface area contributed by atoms with Gasteiger partial charge in [-0.1, -0.05) is 30.7 Å². The molecule has 0 fully saturated rings. The minimum Gasteiger partial charge on any atom is -0.305 e. The summed E-state index contributed by atoms with van der Waals surface area (Å²) in [6.07, 6.45) is 8.60. The Balaban J connectivity index is 1.88. The van der Waals surface area contributed by atoms with Crippen molar-refractivity contribution in [2.75, 3.05) is 7.05 Å². The lowest BCUT2D eigenvalue weighted by molar-refractivity contribution is 0.396. The first kappa shape index (κ1) is 13.5. The zero-order valence-corrected chi connectivity index (χ0v) is 13.4. The number of rotatable bonds is 2. The van der Waals surface area contributed by atoms with Crippen LogP contribution in [0.1, 0.15) is 52.4 Å². The van der Waals surface area contributed by atoms with Crippen LogP contribution < -0.4 is 5.32 Å². The Labute approximate surface area is 130 Å². The summed E-state index contributed by atoms with van der Waals surface area (Å²) in [7, 11) is 2.11. The van der Waals surface area contributed by atoms with Gasteiger partial charge in [0.2, 0.25) is 0 Å². The second-order valence-corrected chi connectivity index (χ2v) is 7.35. The van der Waals surface area contributed by atoms with E-state index in [1.807, 2.05) is 11.3 Å². The number of hydrogen-bond donors (Lipinski definition) is 1. The molecular weight excluding hydrogens is 276 g/mol. The molecular formula is C18H22N2S. The molecule has 1 aromatic heterocycles. The third-order valence-corrected chi connectivity index (χ3v) is 6.43. The number of fused-ring (bicyclic) bond motifs is 2. The van der Waals surface area contributed by atoms with Gasteiger partial charge in [0.1, 0.15) is 5.01 Å². The Morgan fingerprint density at radius 3 is 2.86 bits per heavy atom. The van der Waals surface area contributed by atoms with Crippen molar-refractivity contribution in [1.82, 2.24) is 10.3 Å². The summed E-state index contributed by atoms with van der Waals surface area (Å²) in [5.74, 6) is 0. The molecule has 4 rings (SSSR count). The van der Waals surface area contributed by atoms with Gasteiger partial charge in [-0.25, -0.2) is 4.98 Å². The molecule has 2 aliphatic carbocycles. The fourth-order valence-corrected chi connectivity index (χ4v) is 5.35. The molecule has 110 valence electrons. The first-order chi connectivity index (χ1) is 10.3. The first-order valence-electron chi connectivity index (χ1n) is 8.10. The van der Waals surface area contributed by atoms with Crippen LogP contribution in [0.2, 0.25) is 0 Å². The lowest BCUT2D eigenvalue weighted by Crippen LogP contribution is -2.41. The maximum Gasteiger partial charge on any atom is 0.118 e. The van der Waals surface area contributed by atoms with E-state index in [0.717, 1.165) is 6.42 Å². The summed E-state index contributed by atoms with van der Waals surface area (Å²) < 4.78 is 0. The number of hydrogen-bond acceptors (Lipinski definition) is 3. The molecule has 2 nitrogen and oxygen atoms in total. The average molecular weight is 298 g/mol. The Morgan fingerprint density at radius 1 is 1.10 bits per heavy atom. The van der Waals surface area contributed by atoms with Gasteiger partial charge in [-0.3, -0.25) is 0 Å². The smallest absolute Gasteiger partial charge is 0.118 e. The molecule has 0 spiro atoms. The summed E-state index contributed by atoms with van der Waals surface area (Å²) in [6, 6.07) is 8.96. The molecule has 3 heteroatoms. The number of aromatic nitrogens is 1. The standard InChI is InChI=1S/C18H22N2S/c1-19-18(17-20-15-10-6-11-16(15)21-17)12-5-4-8-13-7-2-3-9-14(13)18/h2-3,7,9,19H,4-6,8,10-12H2,1H3. The lowest BCUT2D eigenvalue weighted by Gasteiger charge is -2.32. The first-order valence-corrected chi connectivity index (χ1v) is 8.91. The predicted molar refractivity (Wildman–Crippen MR) is 88.0 cm³/mol. The van der Waals surface area contributed by atoms with E-state index in [0.29, 0.717) is 0 Å². The molecule has 21 heavy (non-hydrogen) atoms. The van der Waals surface area contributed by atoms with Crippen LogP contribution in [0.15, 0.2) is 24.3 Å². The molecule has 0 amide bonds. The summed E-state index contributed by atoms with van der Waals surface area (Å²) in [4.78, 5) is 6.58. The molecule has 2 aliphatic rings. The molecule has 1 heterocycles. The van der Waals surface area contributed by atoms with Gasteiger partial charge in [0, 0.05) is 4.88 Å². The van der Waals surface area contributed by atoms with E-state index in [-0.39, 0.29) is 5.54 Å². The predicted octanol–water partition coefficient (Wildman–Crippen LogP) is 3.82. The van der Waals surface area contributed by atoms with Crippen LogP contribution >= 0.6 is 11.3 Å². The van der Waals surface area contributed by atoms with Crippen molar-refractivity contribution in [3.8, 4) is 0 Å². The zero-order valence-electron chi connectivity index (χ0n) is 12.6. The Kier molecular flexibility index (Phi) is 3.35. The van der Waals surface area contributed by atoms with E-state index < -0.39 is 0 Å². The van der Waals surface area contributed by atoms with Crippen molar-refractivity contribution in [2.24, 2.45) is 0 Å². The maximum atomic E-state index is 5.05. The van der Waals surface area contributed by atoms with E-state index >= 15 is 0 Å². The van der Waals surface area contributed by atoms with Crippen LogP contribution in [0.4, 0.5) is 0 Å². The zero-order chi connectivity index (χ0) is 14.3. The van der Waals surface area contributed by atoms with E-state index in [4.69, 9.17) is 4.98 Å². The number of nitrogens with one attached hydrogen (secondary N) is 1. The van der Waals surface area contributed by atoms with E-state index in [9.17, 15) is 0 Å². The molecule has 0 bridgehead atoms. The molecule has 0 radical (unpaired) electrons. The summed E-state index contributed by atoms with van der Waals surface area (Å²) in [5.41, 5.74) is 4.26. The van der Waals surface area contributed by atoms with Gasteiger partial charge in [-0.15, -0.1) is 11.3 Å². The molecule has 2 aromatic rings. The van der Waals surface area contributed by atoms with Crippen LogP contribution in [0.3, 0.4) is 0 Å². The highest BCUT2D eigenvalue weighted by Crippen LogP contribution is 2.42. The largest absolute Gasteiger partial charge is 0.305 e. The Bertz CT molecular complexity index is 639. The molecule has 1 N–H and O–H groups in total. The van der Waals surface area contributed by atoms with E-state index in [1.54, 1.807) is 0 Å². The molecule has 0 aliphatic heterocycles. The third-order valence-electron chi connectivity index (χ3n) is 5.11. The number of benzene rings is 1.